The summed E-state index contributed by atoms with van der Waals surface area (Å²) in [6, 6.07) is 7.52. The molecule has 0 bridgehead atoms. The zero-order valence-electron chi connectivity index (χ0n) is 13.9. The van der Waals surface area contributed by atoms with Crippen LogP contribution < -0.4 is 0 Å². The Morgan fingerprint density at radius 3 is 2.79 bits per heavy atom. The summed E-state index contributed by atoms with van der Waals surface area (Å²) in [6.07, 6.45) is 1.32. The first kappa shape index (κ1) is 19.4. The van der Waals surface area contributed by atoms with Crippen molar-refractivity contribution in [3.8, 4) is 0 Å². The van der Waals surface area contributed by atoms with Crippen LogP contribution in [-0.2, 0) is 26.3 Å². The van der Waals surface area contributed by atoms with E-state index in [0.29, 0.717) is 26.0 Å². The largest absolute Gasteiger partial charge is 0.466 e. The molecule has 1 heterocycles. The quantitative estimate of drug-likeness (QED) is 0.665. The number of rotatable bonds is 6. The van der Waals surface area contributed by atoms with Gasteiger partial charge < -0.3 is 4.74 Å². The summed E-state index contributed by atoms with van der Waals surface area (Å²) in [6.45, 7) is 2.94. The number of esters is 1. The van der Waals surface area contributed by atoms with Crippen molar-refractivity contribution < 1.29 is 17.9 Å². The SMILES string of the molecule is CCOC(=O)[C@H]1CCCN(S(=O)(=O)N(C)Cc2ccccc2Br)C1. The number of nitrogens with zero attached hydrogens (tertiary/aromatic N) is 2. The summed E-state index contributed by atoms with van der Waals surface area (Å²) in [7, 11) is -2.06. The highest BCUT2D eigenvalue weighted by Gasteiger charge is 2.35. The van der Waals surface area contributed by atoms with Gasteiger partial charge in [-0.3, -0.25) is 4.79 Å². The van der Waals surface area contributed by atoms with E-state index in [-0.39, 0.29) is 25.0 Å². The second-order valence-corrected chi connectivity index (χ2v) is 8.69. The molecule has 0 aromatic heterocycles. The molecule has 0 radical (unpaired) electrons. The lowest BCUT2D eigenvalue weighted by molar-refractivity contribution is -0.149. The normalized spacial score (nSPS) is 19.4. The summed E-state index contributed by atoms with van der Waals surface area (Å²) in [5.74, 6) is -0.698. The molecule has 0 N–H and O–H groups in total. The van der Waals surface area contributed by atoms with E-state index in [2.05, 4.69) is 15.9 Å². The second kappa shape index (κ2) is 8.42. The van der Waals surface area contributed by atoms with Crippen LogP contribution in [-0.4, -0.2) is 49.7 Å². The van der Waals surface area contributed by atoms with Crippen molar-refractivity contribution in [3.05, 3.63) is 34.3 Å². The van der Waals surface area contributed by atoms with Crippen LogP contribution >= 0.6 is 15.9 Å². The zero-order chi connectivity index (χ0) is 17.7. The molecule has 1 aromatic rings. The summed E-state index contributed by atoms with van der Waals surface area (Å²) in [5.41, 5.74) is 0.891. The monoisotopic (exact) mass is 418 g/mol. The molecule has 134 valence electrons. The highest BCUT2D eigenvalue weighted by Crippen LogP contribution is 2.24. The maximum Gasteiger partial charge on any atom is 0.310 e. The van der Waals surface area contributed by atoms with Crippen molar-refractivity contribution in [1.29, 1.82) is 0 Å². The molecule has 1 saturated heterocycles. The fourth-order valence-corrected chi connectivity index (χ4v) is 4.58. The molecule has 8 heteroatoms. The Bertz CT molecular complexity index is 680. The van der Waals surface area contributed by atoms with Crippen LogP contribution in [0.1, 0.15) is 25.3 Å². The summed E-state index contributed by atoms with van der Waals surface area (Å²) in [5, 5.41) is 0. The lowest BCUT2D eigenvalue weighted by Gasteiger charge is -2.33. The summed E-state index contributed by atoms with van der Waals surface area (Å²) >= 11 is 3.44. The fraction of sp³-hybridized carbons (Fsp3) is 0.562. The standard InChI is InChI=1S/C16H23BrN2O4S/c1-3-23-16(20)14-8-6-10-19(12-14)24(21,22)18(2)11-13-7-4-5-9-15(13)17/h4-5,7,9,14H,3,6,8,10-12H2,1-2H3/t14-/m0/s1. The van der Waals surface area contributed by atoms with Crippen LogP contribution in [0.25, 0.3) is 0 Å². The van der Waals surface area contributed by atoms with Gasteiger partial charge in [0.15, 0.2) is 0 Å². The van der Waals surface area contributed by atoms with Crippen LogP contribution in [0.5, 0.6) is 0 Å². The van der Waals surface area contributed by atoms with Crippen LogP contribution in [0, 0.1) is 5.92 Å². The fourth-order valence-electron chi connectivity index (χ4n) is 2.75. The van der Waals surface area contributed by atoms with E-state index in [0.717, 1.165) is 10.0 Å². The third kappa shape index (κ3) is 4.56. The van der Waals surface area contributed by atoms with Gasteiger partial charge in [0.05, 0.1) is 12.5 Å². The van der Waals surface area contributed by atoms with Gasteiger partial charge in [-0.15, -0.1) is 0 Å². The van der Waals surface area contributed by atoms with Crippen molar-refractivity contribution >= 4 is 32.1 Å². The Kier molecular flexibility index (Phi) is 6.79. The molecule has 0 saturated carbocycles. The number of hydrogen-bond acceptors (Lipinski definition) is 4. The number of carbonyl (C=O) groups is 1. The molecule has 2 rings (SSSR count). The van der Waals surface area contributed by atoms with Gasteiger partial charge in [-0.05, 0) is 31.4 Å². The molecule has 0 aliphatic carbocycles. The van der Waals surface area contributed by atoms with Gasteiger partial charge >= 0.3 is 5.97 Å². The van der Waals surface area contributed by atoms with Crippen LogP contribution in [0.3, 0.4) is 0 Å². The smallest absolute Gasteiger partial charge is 0.310 e. The minimum absolute atomic E-state index is 0.182. The Hall–Kier alpha value is -0.960. The average molecular weight is 419 g/mol. The highest BCUT2D eigenvalue weighted by molar-refractivity contribution is 9.10. The van der Waals surface area contributed by atoms with E-state index >= 15 is 0 Å². The Morgan fingerprint density at radius 2 is 2.12 bits per heavy atom. The molecular formula is C16H23BrN2O4S. The van der Waals surface area contributed by atoms with Gasteiger partial charge in [0.25, 0.3) is 10.2 Å². The predicted octanol–water partition coefficient (Wildman–Crippen LogP) is 2.40. The minimum Gasteiger partial charge on any atom is -0.466 e. The highest BCUT2D eigenvalue weighted by atomic mass is 79.9. The number of hydrogen-bond donors (Lipinski definition) is 0. The molecule has 1 aliphatic rings. The molecule has 1 atom stereocenters. The first-order valence-electron chi connectivity index (χ1n) is 7.97. The second-order valence-electron chi connectivity index (χ2n) is 5.80. The molecule has 1 aliphatic heterocycles. The average Bonchev–Trinajstić information content (AvgIpc) is 2.57. The molecule has 6 nitrogen and oxygen atoms in total. The molecule has 1 aromatic carbocycles. The van der Waals surface area contributed by atoms with Crippen molar-refractivity contribution in [1.82, 2.24) is 8.61 Å². The van der Waals surface area contributed by atoms with E-state index in [1.807, 2.05) is 24.3 Å². The van der Waals surface area contributed by atoms with Gasteiger partial charge in [-0.2, -0.15) is 17.0 Å². The number of halogens is 1. The molecule has 0 amide bonds. The van der Waals surface area contributed by atoms with Gasteiger partial charge in [0.1, 0.15) is 0 Å². The van der Waals surface area contributed by atoms with Gasteiger partial charge in [0, 0.05) is 31.2 Å². The topological polar surface area (TPSA) is 66.9 Å². The number of carbonyl (C=O) groups excluding carboxylic acids is 1. The number of benzene rings is 1. The number of piperidine rings is 1. The van der Waals surface area contributed by atoms with E-state index < -0.39 is 10.2 Å². The first-order valence-corrected chi connectivity index (χ1v) is 10.2. The van der Waals surface area contributed by atoms with Gasteiger partial charge in [0.2, 0.25) is 0 Å². The van der Waals surface area contributed by atoms with Crippen LogP contribution in [0.4, 0.5) is 0 Å². The van der Waals surface area contributed by atoms with Gasteiger partial charge in [-0.1, -0.05) is 34.1 Å². The Morgan fingerprint density at radius 1 is 1.42 bits per heavy atom. The Balaban J connectivity index is 2.08. The molecule has 1 fully saturated rings. The summed E-state index contributed by atoms with van der Waals surface area (Å²) in [4.78, 5) is 11.9. The van der Waals surface area contributed by atoms with Crippen molar-refractivity contribution in [2.45, 2.75) is 26.3 Å². The predicted molar refractivity (Wildman–Crippen MR) is 95.5 cm³/mol. The van der Waals surface area contributed by atoms with Crippen LogP contribution in [0.2, 0.25) is 0 Å². The van der Waals surface area contributed by atoms with Crippen molar-refractivity contribution in [3.63, 3.8) is 0 Å². The first-order chi connectivity index (χ1) is 11.4. The maximum absolute atomic E-state index is 12.8. The lowest BCUT2D eigenvalue weighted by Crippen LogP contribution is -2.48. The third-order valence-electron chi connectivity index (χ3n) is 4.08. The molecule has 0 unspecified atom stereocenters. The molecule has 24 heavy (non-hydrogen) atoms. The van der Waals surface area contributed by atoms with E-state index in [9.17, 15) is 13.2 Å². The van der Waals surface area contributed by atoms with Gasteiger partial charge in [-0.25, -0.2) is 0 Å². The third-order valence-corrected chi connectivity index (χ3v) is 6.75. The maximum atomic E-state index is 12.8. The summed E-state index contributed by atoms with van der Waals surface area (Å²) < 4.78 is 34.2. The van der Waals surface area contributed by atoms with Crippen LogP contribution in [0.15, 0.2) is 28.7 Å². The molecule has 0 spiro atoms. The zero-order valence-corrected chi connectivity index (χ0v) is 16.3. The van der Waals surface area contributed by atoms with E-state index in [1.54, 1.807) is 14.0 Å². The van der Waals surface area contributed by atoms with E-state index in [1.165, 1.54) is 8.61 Å². The lowest BCUT2D eigenvalue weighted by atomic mass is 10.0. The Labute approximate surface area is 152 Å². The van der Waals surface area contributed by atoms with Crippen molar-refractivity contribution in [2.24, 2.45) is 5.92 Å². The van der Waals surface area contributed by atoms with Crippen molar-refractivity contribution in [2.75, 3.05) is 26.7 Å². The molecular weight excluding hydrogens is 396 g/mol. The minimum atomic E-state index is -3.62. The van der Waals surface area contributed by atoms with E-state index in [4.69, 9.17) is 4.74 Å². The number of ether oxygens (including phenoxy) is 1.